The van der Waals surface area contributed by atoms with Crippen molar-refractivity contribution in [1.82, 2.24) is 105 Å². The molecule has 0 aliphatic carbocycles. The van der Waals surface area contributed by atoms with Crippen LogP contribution in [0.1, 0.15) is 144 Å². The van der Waals surface area contributed by atoms with Gasteiger partial charge in [0.05, 0.1) is 45.3 Å². The average Bonchev–Trinajstić information content (AvgIpc) is 1.68. The smallest absolute Gasteiger partial charge is 0.322 e. The van der Waals surface area contributed by atoms with Gasteiger partial charge >= 0.3 is 5.97 Å². The first-order valence-corrected chi connectivity index (χ1v) is 41.7. The maximum atomic E-state index is 14.8. The molecule has 1 aromatic carbocycles. The SMILES string of the molecule is CC[C@H](C)[C@H](NC(=O)CNC(=O)[C@@H]1CCCN1C(=O)[C@H](CCCNC(=N)N)NC(=O)[C@H](CC(C)C)NC(=O)[C@H](Cc1cnc[nH]1)NC(=O)CNC(=O)CNC(=O)[C@@H](NC(=O)[C@H](CCCCN)NC(=O)[C@H](CO)NC(=O)[C@H](Cc1c[nH]c2ccccc12)NC(=O)[C@@H](N)[C@@H](C)O)C(C)C)C(=O)N[C@H](C(=O)N[C@@H](CCC(N)=O)C(=O)N[C@@H](CO)C(=O)NCC(=O)O)C(C)C. The predicted octanol–water partition coefficient (Wildman–Crippen LogP) is -8.70. The largest absolute Gasteiger partial charge is 0.480 e. The number of nitrogens with zero attached hydrogens (tertiary/aromatic N) is 2. The van der Waals surface area contributed by atoms with E-state index in [0.717, 1.165) is 5.52 Å². The van der Waals surface area contributed by atoms with Crippen molar-refractivity contribution in [3.8, 4) is 0 Å². The third-order valence-electron chi connectivity index (χ3n) is 20.5. The number of unbranched alkanes of at least 4 members (excludes halogenated alkanes) is 1. The Labute approximate surface area is 727 Å². The Morgan fingerprint density at radius 1 is 0.540 bits per heavy atom. The Kier molecular flexibility index (Phi) is 45.0. The molecule has 1 aliphatic rings. The number of likely N-dealkylation sites (tertiary alicyclic amines) is 1. The molecule has 1 fully saturated rings. The maximum absolute atomic E-state index is 14.8. The fraction of sp³-hybridized carbons (Fsp3) is 0.620. The number of aromatic nitrogens is 3. The Hall–Kier alpha value is -12.5. The first kappa shape index (κ1) is 106. The molecule has 0 spiro atoms. The number of carbonyl (C=O) groups excluding carboxylic acids is 17. The number of benzene rings is 1. The first-order chi connectivity index (χ1) is 59.5. The molecule has 4 rings (SSSR count). The fourth-order valence-corrected chi connectivity index (χ4v) is 13.2. The summed E-state index contributed by atoms with van der Waals surface area (Å²) in [6.07, 6.45) is 2.97. The van der Waals surface area contributed by atoms with E-state index in [2.05, 4.69) is 94.7 Å². The van der Waals surface area contributed by atoms with Gasteiger partial charge in [0.1, 0.15) is 85.1 Å². The van der Waals surface area contributed by atoms with Crippen LogP contribution in [0.15, 0.2) is 43.0 Å². The number of carboxylic acids is 1. The monoisotopic (exact) mass is 1780 g/mol. The van der Waals surface area contributed by atoms with E-state index in [4.69, 9.17) is 33.5 Å². The average molecular weight is 1780 g/mol. The third-order valence-corrected chi connectivity index (χ3v) is 20.5. The van der Waals surface area contributed by atoms with Crippen LogP contribution in [0.25, 0.3) is 10.9 Å². The minimum atomic E-state index is -1.70. The van der Waals surface area contributed by atoms with Gasteiger partial charge in [-0.15, -0.1) is 0 Å². The summed E-state index contributed by atoms with van der Waals surface area (Å²) >= 11 is 0. The van der Waals surface area contributed by atoms with E-state index in [1.807, 2.05) is 5.32 Å². The van der Waals surface area contributed by atoms with Crippen molar-refractivity contribution in [1.29, 1.82) is 5.41 Å². The van der Waals surface area contributed by atoms with Gasteiger partial charge in [-0.2, -0.15) is 0 Å². The summed E-state index contributed by atoms with van der Waals surface area (Å²) in [7, 11) is 0. The Bertz CT molecular complexity index is 4220. The number of H-pyrrole nitrogens is 2. The number of nitrogens with two attached hydrogens (primary N) is 4. The molecular formula is C79H127N25O22. The molecule has 0 unspecified atom stereocenters. The molecule has 700 valence electrons. The van der Waals surface area contributed by atoms with Crippen LogP contribution in [0.4, 0.5) is 0 Å². The highest BCUT2D eigenvalue weighted by molar-refractivity contribution is 6.01. The molecule has 47 nitrogen and oxygen atoms in total. The number of fused-ring (bicyclic) bond motifs is 1. The summed E-state index contributed by atoms with van der Waals surface area (Å²) in [5.41, 5.74) is 24.1. The van der Waals surface area contributed by atoms with E-state index in [1.165, 1.54) is 24.3 Å². The van der Waals surface area contributed by atoms with Gasteiger partial charge in [-0.1, -0.05) is 80.0 Å². The summed E-state index contributed by atoms with van der Waals surface area (Å²) < 4.78 is 0. The molecule has 17 amide bonds. The molecule has 3 heterocycles. The number of guanidine groups is 1. The van der Waals surface area contributed by atoms with Gasteiger partial charge in [-0.3, -0.25) is 91.7 Å². The van der Waals surface area contributed by atoms with E-state index in [-0.39, 0.29) is 83.3 Å². The number of carboxylic acid groups (broad SMARTS) is 1. The van der Waals surface area contributed by atoms with E-state index in [1.54, 1.807) is 85.9 Å². The summed E-state index contributed by atoms with van der Waals surface area (Å²) in [5.74, 6) is -19.6. The zero-order valence-electron chi connectivity index (χ0n) is 72.3. The normalized spacial score (nSPS) is 15.8. The van der Waals surface area contributed by atoms with E-state index in [9.17, 15) is 102 Å². The summed E-state index contributed by atoms with van der Waals surface area (Å²) in [4.78, 5) is 256. The topological polar surface area (TPSA) is 756 Å². The molecule has 15 atom stereocenters. The van der Waals surface area contributed by atoms with E-state index >= 15 is 0 Å². The number of rotatable bonds is 56. The first-order valence-electron chi connectivity index (χ1n) is 41.7. The number of amides is 17. The van der Waals surface area contributed by atoms with E-state index in [0.29, 0.717) is 29.5 Å². The van der Waals surface area contributed by atoms with Crippen molar-refractivity contribution in [3.63, 3.8) is 0 Å². The lowest BCUT2D eigenvalue weighted by Crippen LogP contribution is -2.61. The van der Waals surface area contributed by atoms with Gasteiger partial charge in [0, 0.05) is 61.3 Å². The van der Waals surface area contributed by atoms with Crippen LogP contribution in [0, 0.1) is 29.1 Å². The molecule has 1 saturated heterocycles. The minimum Gasteiger partial charge on any atom is -0.480 e. The van der Waals surface area contributed by atoms with Crippen molar-refractivity contribution in [2.75, 3.05) is 59.0 Å². The maximum Gasteiger partial charge on any atom is 0.322 e. The Balaban J connectivity index is 1.44. The van der Waals surface area contributed by atoms with Gasteiger partial charge < -0.3 is 143 Å². The van der Waals surface area contributed by atoms with E-state index < -0.39 is 267 Å². The predicted molar refractivity (Wildman–Crippen MR) is 453 cm³/mol. The molecule has 47 heteroatoms. The second kappa shape index (κ2) is 53.6. The second-order valence-electron chi connectivity index (χ2n) is 31.8. The summed E-state index contributed by atoms with van der Waals surface area (Å²) in [6.45, 7) is 9.49. The minimum absolute atomic E-state index is 0.00248. The van der Waals surface area contributed by atoms with Crippen LogP contribution >= 0.6 is 0 Å². The molecule has 31 N–H and O–H groups in total. The van der Waals surface area contributed by atoms with Crippen LogP contribution in [-0.2, 0) is 99.1 Å². The zero-order valence-corrected chi connectivity index (χ0v) is 72.3. The Morgan fingerprint density at radius 2 is 1.06 bits per heavy atom. The molecule has 126 heavy (non-hydrogen) atoms. The van der Waals surface area contributed by atoms with Crippen molar-refractivity contribution in [3.05, 3.63) is 54.2 Å². The number of aliphatic carboxylic acids is 1. The quantitative estimate of drug-likeness (QED) is 0.0142. The molecule has 1 aliphatic heterocycles. The standard InChI is InChI=1S/C79H127N25O22/c1-10-42(8)65(77(125)103-64(41(6)7)76(124)95-49(22-23-57(81)108)67(115)99-54(36-105)66(114)91-35-61(112)113)101-60(111)34-89-73(121)56-21-16-26-104(56)78(126)50(20-15-25-86-79(83)84)96-69(117)51(27-39(2)3)97-71(119)53(29-45-31-85-38-92-45)93-59(110)33-88-58(109)32-90-75(123)63(40(4)5)102-68(116)48(19-13-14-24-80)94-72(120)55(37-106)100-70(118)52(98-74(122)62(82)43(9)107)28-44-30-87-47-18-12-11-17-46(44)47/h11-12,17-18,30-31,38-43,48-56,62-65,87,105-107H,10,13-16,19-29,32-37,80,82H2,1-9H3,(H2,81,108)(H,85,92)(H,88,109)(H,89,121)(H,90,123)(H,91,114)(H,93,110)(H,94,120)(H,95,124)(H,96,117)(H,97,119)(H,98,122)(H,99,115)(H,100,118)(H,101,111)(H,102,116)(H,103,125)(H,112,113)(H4,83,84,86)/t42-,43+,48-,49-,50-,51-,52-,53-,54-,55-,56-,62-,63-,64-,65-/m0/s1. The number of carbonyl (C=O) groups is 18. The third kappa shape index (κ3) is 35.6. The molecule has 2 aromatic heterocycles. The van der Waals surface area contributed by atoms with Crippen LogP contribution in [0.5, 0.6) is 0 Å². The fourth-order valence-electron chi connectivity index (χ4n) is 13.2. The van der Waals surface area contributed by atoms with Crippen molar-refractivity contribution >= 4 is 123 Å². The second-order valence-corrected chi connectivity index (χ2v) is 31.8. The number of hydrogen-bond donors (Lipinski definition) is 27. The van der Waals surface area contributed by atoms with Gasteiger partial charge in [-0.25, -0.2) is 4.98 Å². The summed E-state index contributed by atoms with van der Waals surface area (Å²) in [5, 5.41) is 87.3. The van der Waals surface area contributed by atoms with Crippen LogP contribution < -0.4 is 108 Å². The van der Waals surface area contributed by atoms with Crippen molar-refractivity contribution in [2.45, 2.75) is 230 Å². The van der Waals surface area contributed by atoms with Crippen molar-refractivity contribution < 1.29 is 107 Å². The van der Waals surface area contributed by atoms with Gasteiger partial charge in [0.15, 0.2) is 5.96 Å². The van der Waals surface area contributed by atoms with Crippen LogP contribution in [0.3, 0.4) is 0 Å². The van der Waals surface area contributed by atoms with Crippen LogP contribution in [0.2, 0.25) is 0 Å². The number of aromatic amines is 2. The lowest BCUT2D eigenvalue weighted by Gasteiger charge is -2.31. The highest BCUT2D eigenvalue weighted by Gasteiger charge is 2.42. The highest BCUT2D eigenvalue weighted by Crippen LogP contribution is 2.23. The molecule has 0 radical (unpaired) electrons. The number of aliphatic hydroxyl groups is 3. The van der Waals surface area contributed by atoms with Crippen LogP contribution in [-0.4, -0.2) is 296 Å². The lowest BCUT2D eigenvalue weighted by molar-refractivity contribution is -0.142. The highest BCUT2D eigenvalue weighted by atomic mass is 16.4. The number of aliphatic hydroxyl groups excluding tert-OH is 3. The van der Waals surface area contributed by atoms with Crippen molar-refractivity contribution in [2.24, 2.45) is 46.6 Å². The zero-order chi connectivity index (χ0) is 94.2. The van der Waals surface area contributed by atoms with Gasteiger partial charge in [0.2, 0.25) is 100 Å². The molecule has 0 bridgehead atoms. The van der Waals surface area contributed by atoms with Gasteiger partial charge in [0.25, 0.3) is 0 Å². The molecular weight excluding hydrogens is 1650 g/mol. The number of hydrogen-bond acceptors (Lipinski definition) is 25. The molecule has 3 aromatic rings. The summed E-state index contributed by atoms with van der Waals surface area (Å²) in [6, 6.07) is -11.7. The van der Waals surface area contributed by atoms with Gasteiger partial charge in [-0.05, 0) is 107 Å². The Morgan fingerprint density at radius 3 is 1.65 bits per heavy atom. The lowest BCUT2D eigenvalue weighted by atomic mass is 9.96. The number of imidazole rings is 1. The number of para-hydroxylation sites is 1. The number of nitrogens with one attached hydrogen (secondary N) is 19. The molecule has 0 saturated carbocycles. The number of primary amides is 1.